The molecule has 0 saturated carbocycles. The van der Waals surface area contributed by atoms with Crippen LogP contribution < -0.4 is 15.0 Å². The van der Waals surface area contributed by atoms with Gasteiger partial charge in [0.05, 0.1) is 6.61 Å². The first-order valence-corrected chi connectivity index (χ1v) is 12.6. The van der Waals surface area contributed by atoms with Gasteiger partial charge in [0, 0.05) is 42.6 Å². The van der Waals surface area contributed by atoms with E-state index in [1.807, 2.05) is 53.4 Å². The molecule has 2 N–H and O–H groups in total. The van der Waals surface area contributed by atoms with Crippen LogP contribution in [-0.4, -0.2) is 35.7 Å². The van der Waals surface area contributed by atoms with Crippen LogP contribution in [0.15, 0.2) is 85.1 Å². The Labute approximate surface area is 222 Å². The summed E-state index contributed by atoms with van der Waals surface area (Å²) in [6.45, 7) is 1.80. The molecule has 3 aromatic carbocycles. The highest BCUT2D eigenvalue weighted by atomic mass is 16.5. The van der Waals surface area contributed by atoms with Crippen LogP contribution in [0.5, 0.6) is 5.75 Å². The van der Waals surface area contributed by atoms with E-state index in [-0.39, 0.29) is 19.1 Å². The molecule has 7 heteroatoms. The van der Waals surface area contributed by atoms with Crippen molar-refractivity contribution >= 4 is 11.6 Å². The second kappa shape index (κ2) is 11.7. The molecule has 0 bridgehead atoms. The number of nitrogens with zero attached hydrogens (tertiary/aromatic N) is 3. The third kappa shape index (κ3) is 5.42. The number of pyridine rings is 1. The van der Waals surface area contributed by atoms with Gasteiger partial charge < -0.3 is 20.1 Å². The summed E-state index contributed by atoms with van der Waals surface area (Å²) >= 11 is 0. The molecule has 0 saturated heterocycles. The van der Waals surface area contributed by atoms with E-state index in [1.54, 1.807) is 24.4 Å². The van der Waals surface area contributed by atoms with Crippen molar-refractivity contribution in [2.24, 2.45) is 0 Å². The number of aromatic nitrogens is 1. The zero-order valence-electron chi connectivity index (χ0n) is 20.9. The lowest BCUT2D eigenvalue weighted by Crippen LogP contribution is -2.29. The number of aliphatic hydroxyl groups excluding tert-OH is 1. The normalized spacial score (nSPS) is 12.2. The summed E-state index contributed by atoms with van der Waals surface area (Å²) in [6.07, 6.45) is 2.37. The van der Waals surface area contributed by atoms with Gasteiger partial charge >= 0.3 is 0 Å². The molecule has 0 unspecified atom stereocenters. The van der Waals surface area contributed by atoms with E-state index in [9.17, 15) is 4.79 Å². The molecule has 0 aliphatic carbocycles. The van der Waals surface area contributed by atoms with E-state index in [0.717, 1.165) is 34.4 Å². The van der Waals surface area contributed by atoms with Gasteiger partial charge in [-0.25, -0.2) is 4.98 Å². The van der Waals surface area contributed by atoms with Gasteiger partial charge in [-0.1, -0.05) is 48.5 Å². The summed E-state index contributed by atoms with van der Waals surface area (Å²) < 4.78 is 6.14. The highest BCUT2D eigenvalue weighted by Gasteiger charge is 2.28. The van der Waals surface area contributed by atoms with E-state index in [4.69, 9.17) is 15.1 Å². The molecule has 1 amide bonds. The van der Waals surface area contributed by atoms with E-state index in [0.29, 0.717) is 36.6 Å². The summed E-state index contributed by atoms with van der Waals surface area (Å²) in [6, 6.07) is 27.4. The lowest BCUT2D eigenvalue weighted by atomic mass is 9.98. The van der Waals surface area contributed by atoms with Crippen molar-refractivity contribution in [3.8, 4) is 22.9 Å². The number of nitrogens with one attached hydrogen (secondary N) is 1. The van der Waals surface area contributed by atoms with Crippen molar-refractivity contribution in [3.63, 3.8) is 0 Å². The van der Waals surface area contributed by atoms with Crippen molar-refractivity contribution in [3.05, 3.63) is 113 Å². The standard InChI is InChI=1S/C31H28N4O3/c32-19-26-17-22(11-13-34-26)21-38-30-18-24(9-10-25(30)20-33-14-16-36)31(37)35-15-12-28-27(7-4-8-29(28)35)23-5-2-1-3-6-23/h1-11,13,17-18,33,36H,12,14-16,20-21H2. The third-order valence-electron chi connectivity index (χ3n) is 6.61. The zero-order chi connectivity index (χ0) is 26.3. The summed E-state index contributed by atoms with van der Waals surface area (Å²) in [5, 5.41) is 21.5. The van der Waals surface area contributed by atoms with Crippen LogP contribution in [0.3, 0.4) is 0 Å². The van der Waals surface area contributed by atoms with Crippen LogP contribution in [0.1, 0.15) is 32.7 Å². The maximum Gasteiger partial charge on any atom is 0.258 e. The van der Waals surface area contributed by atoms with Crippen LogP contribution >= 0.6 is 0 Å². The van der Waals surface area contributed by atoms with Crippen LogP contribution in [0, 0.1) is 11.3 Å². The minimum atomic E-state index is -0.0793. The van der Waals surface area contributed by atoms with Gasteiger partial charge in [0.25, 0.3) is 5.91 Å². The first-order valence-electron chi connectivity index (χ1n) is 12.6. The average Bonchev–Trinajstić information content (AvgIpc) is 3.41. The van der Waals surface area contributed by atoms with Gasteiger partial charge in [0.15, 0.2) is 0 Å². The number of aliphatic hydroxyl groups is 1. The van der Waals surface area contributed by atoms with E-state index in [1.165, 1.54) is 5.56 Å². The van der Waals surface area contributed by atoms with E-state index in [2.05, 4.69) is 28.5 Å². The van der Waals surface area contributed by atoms with Crippen molar-refractivity contribution in [2.75, 3.05) is 24.6 Å². The number of rotatable bonds is 9. The Balaban J connectivity index is 1.41. The number of hydrogen-bond acceptors (Lipinski definition) is 6. The molecule has 190 valence electrons. The number of carbonyl (C=O) groups is 1. The second-order valence-corrected chi connectivity index (χ2v) is 9.05. The Morgan fingerprint density at radius 1 is 1.08 bits per heavy atom. The smallest absolute Gasteiger partial charge is 0.258 e. The third-order valence-corrected chi connectivity index (χ3v) is 6.61. The molecule has 0 atom stereocenters. The Morgan fingerprint density at radius 2 is 1.95 bits per heavy atom. The van der Waals surface area contributed by atoms with Crippen LogP contribution in [0.25, 0.3) is 11.1 Å². The molecule has 0 radical (unpaired) electrons. The number of fused-ring (bicyclic) bond motifs is 1. The summed E-state index contributed by atoms with van der Waals surface area (Å²) in [4.78, 5) is 19.6. The highest BCUT2D eigenvalue weighted by Crippen LogP contribution is 2.37. The number of nitriles is 1. The SMILES string of the molecule is N#Cc1cc(COc2cc(C(=O)N3CCc4c(-c5ccccc5)cccc43)ccc2CNCCO)ccn1. The number of amides is 1. The molecule has 1 aliphatic heterocycles. The van der Waals surface area contributed by atoms with E-state index >= 15 is 0 Å². The summed E-state index contributed by atoms with van der Waals surface area (Å²) in [7, 11) is 0. The topological polar surface area (TPSA) is 98.5 Å². The van der Waals surface area contributed by atoms with Gasteiger partial charge in [-0.05, 0) is 59.0 Å². The van der Waals surface area contributed by atoms with Gasteiger partial charge in [-0.15, -0.1) is 0 Å². The lowest BCUT2D eigenvalue weighted by Gasteiger charge is -2.20. The van der Waals surface area contributed by atoms with Crippen molar-refractivity contribution < 1.29 is 14.6 Å². The quantitative estimate of drug-likeness (QED) is 0.326. The molecule has 0 fully saturated rings. The van der Waals surface area contributed by atoms with Crippen LogP contribution in [0.4, 0.5) is 5.69 Å². The Morgan fingerprint density at radius 3 is 2.76 bits per heavy atom. The fraction of sp³-hybridized carbons (Fsp3) is 0.194. The summed E-state index contributed by atoms with van der Waals surface area (Å²) in [5.74, 6) is 0.499. The minimum Gasteiger partial charge on any atom is -0.489 e. The second-order valence-electron chi connectivity index (χ2n) is 9.05. The molecule has 38 heavy (non-hydrogen) atoms. The fourth-order valence-electron chi connectivity index (χ4n) is 4.75. The van der Waals surface area contributed by atoms with Gasteiger partial charge in [-0.2, -0.15) is 5.26 Å². The lowest BCUT2D eigenvalue weighted by molar-refractivity contribution is 0.0989. The molecule has 1 aliphatic rings. The Bertz CT molecular complexity index is 1480. The van der Waals surface area contributed by atoms with Crippen molar-refractivity contribution in [2.45, 2.75) is 19.6 Å². The van der Waals surface area contributed by atoms with Gasteiger partial charge in [-0.3, -0.25) is 4.79 Å². The fourth-order valence-corrected chi connectivity index (χ4v) is 4.75. The maximum absolute atomic E-state index is 13.7. The Hall–Kier alpha value is -4.51. The molecule has 4 aromatic rings. The van der Waals surface area contributed by atoms with Gasteiger partial charge in [0.1, 0.15) is 24.1 Å². The largest absolute Gasteiger partial charge is 0.489 e. The first-order chi connectivity index (χ1) is 18.7. The number of anilines is 1. The van der Waals surface area contributed by atoms with E-state index < -0.39 is 0 Å². The first kappa shape index (κ1) is 25.2. The molecular weight excluding hydrogens is 476 g/mol. The average molecular weight is 505 g/mol. The number of ether oxygens (including phenoxy) is 1. The zero-order valence-corrected chi connectivity index (χ0v) is 20.9. The Kier molecular flexibility index (Phi) is 7.74. The van der Waals surface area contributed by atoms with Crippen LogP contribution in [-0.2, 0) is 19.6 Å². The molecular formula is C31H28N4O3. The highest BCUT2D eigenvalue weighted by molar-refractivity contribution is 6.08. The number of hydrogen-bond donors (Lipinski definition) is 2. The maximum atomic E-state index is 13.7. The number of benzene rings is 3. The van der Waals surface area contributed by atoms with Crippen molar-refractivity contribution in [1.82, 2.24) is 10.3 Å². The molecule has 5 rings (SSSR count). The predicted octanol–water partition coefficient (Wildman–Crippen LogP) is 4.48. The summed E-state index contributed by atoms with van der Waals surface area (Å²) in [5.41, 5.74) is 6.96. The molecule has 1 aromatic heterocycles. The van der Waals surface area contributed by atoms with Crippen molar-refractivity contribution in [1.29, 1.82) is 5.26 Å². The number of carbonyl (C=O) groups excluding carboxylic acids is 1. The van der Waals surface area contributed by atoms with Gasteiger partial charge in [0.2, 0.25) is 0 Å². The predicted molar refractivity (Wildman–Crippen MR) is 146 cm³/mol. The minimum absolute atomic E-state index is 0.0278. The molecule has 2 heterocycles. The molecule has 7 nitrogen and oxygen atoms in total. The monoisotopic (exact) mass is 504 g/mol. The molecule has 0 spiro atoms. The van der Waals surface area contributed by atoms with Crippen LogP contribution in [0.2, 0.25) is 0 Å².